The Morgan fingerprint density at radius 1 is 1.36 bits per heavy atom. The number of rotatable bonds is 3. The summed E-state index contributed by atoms with van der Waals surface area (Å²) >= 11 is 0. The van der Waals surface area contributed by atoms with E-state index in [1.165, 1.54) is 6.07 Å². The van der Waals surface area contributed by atoms with Gasteiger partial charge < -0.3 is 0 Å². The lowest BCUT2D eigenvalue weighted by atomic mass is 9.82. The molecule has 0 unspecified atom stereocenters. The summed E-state index contributed by atoms with van der Waals surface area (Å²) in [5, 5.41) is 0. The van der Waals surface area contributed by atoms with Crippen LogP contribution in [-0.2, 0) is 11.2 Å². The number of hydrogen-bond acceptors (Lipinski definition) is 1. The number of halogens is 1. The normalized spacial score (nSPS) is 11.4. The quantitative estimate of drug-likeness (QED) is 0.723. The van der Waals surface area contributed by atoms with Gasteiger partial charge in [0.2, 0.25) is 0 Å². The van der Waals surface area contributed by atoms with E-state index >= 15 is 0 Å². The van der Waals surface area contributed by atoms with E-state index in [4.69, 9.17) is 0 Å². The van der Waals surface area contributed by atoms with Gasteiger partial charge >= 0.3 is 0 Å². The van der Waals surface area contributed by atoms with Crippen molar-refractivity contribution in [1.29, 1.82) is 0 Å². The summed E-state index contributed by atoms with van der Waals surface area (Å²) in [5.41, 5.74) is 0.120. The van der Waals surface area contributed by atoms with Crippen molar-refractivity contribution in [1.82, 2.24) is 0 Å². The van der Waals surface area contributed by atoms with Crippen LogP contribution < -0.4 is 0 Å². The molecule has 0 spiro atoms. The molecule has 1 rings (SSSR count). The molecule has 1 aromatic rings. The molecule has 0 aliphatic rings. The molecule has 1 nitrogen and oxygen atoms in total. The van der Waals surface area contributed by atoms with Gasteiger partial charge in [-0.15, -0.1) is 0 Å². The van der Waals surface area contributed by atoms with Crippen LogP contribution in [0.2, 0.25) is 0 Å². The van der Waals surface area contributed by atoms with Gasteiger partial charge in [0.25, 0.3) is 0 Å². The van der Waals surface area contributed by atoms with E-state index in [1.807, 2.05) is 13.8 Å². The maximum atomic E-state index is 13.3. The van der Waals surface area contributed by atoms with Gasteiger partial charge in [0.15, 0.2) is 0 Å². The first-order valence-corrected chi connectivity index (χ1v) is 4.68. The largest absolute Gasteiger partial charge is 0.299 e. The number of hydrogen-bond donors (Lipinski definition) is 0. The minimum absolute atomic E-state index is 0.0840. The van der Waals surface area contributed by atoms with Gasteiger partial charge in [0.05, 0.1) is 0 Å². The molecule has 0 saturated carbocycles. The topological polar surface area (TPSA) is 17.1 Å². The zero-order valence-electron chi connectivity index (χ0n) is 8.80. The Kier molecular flexibility index (Phi) is 3.04. The second-order valence-electron chi connectivity index (χ2n) is 4.21. The van der Waals surface area contributed by atoms with Gasteiger partial charge in [-0.2, -0.15) is 0 Å². The molecule has 0 N–H and O–H groups in total. The van der Waals surface area contributed by atoms with Crippen LogP contribution in [0.3, 0.4) is 0 Å². The highest BCUT2D eigenvalue weighted by molar-refractivity contribution is 5.81. The lowest BCUT2D eigenvalue weighted by Crippen LogP contribution is -2.24. The van der Waals surface area contributed by atoms with Crippen molar-refractivity contribution in [3.63, 3.8) is 0 Å². The third-order valence-electron chi connectivity index (χ3n) is 2.54. The zero-order valence-corrected chi connectivity index (χ0v) is 8.80. The molecule has 0 bridgehead atoms. The molecule has 0 fully saturated rings. The van der Waals surface area contributed by atoms with E-state index in [9.17, 15) is 9.18 Å². The van der Waals surface area contributed by atoms with Crippen molar-refractivity contribution in [2.24, 2.45) is 5.41 Å². The number of Topliss-reactive ketones (excluding diaryl/α,β-unsaturated/α-hetero) is 1. The van der Waals surface area contributed by atoms with Crippen LogP contribution in [0.1, 0.15) is 26.3 Å². The number of carbonyl (C=O) groups is 1. The van der Waals surface area contributed by atoms with Crippen LogP contribution in [-0.4, -0.2) is 5.78 Å². The molecule has 0 atom stereocenters. The van der Waals surface area contributed by atoms with E-state index in [1.54, 1.807) is 25.1 Å². The van der Waals surface area contributed by atoms with E-state index < -0.39 is 5.41 Å². The second-order valence-corrected chi connectivity index (χ2v) is 4.21. The SMILES string of the molecule is CC(=O)C(C)(C)Cc1ccccc1F. The first kappa shape index (κ1) is 10.9. The van der Waals surface area contributed by atoms with E-state index in [0.717, 1.165) is 0 Å². The van der Waals surface area contributed by atoms with Crippen LogP contribution in [0.4, 0.5) is 4.39 Å². The minimum Gasteiger partial charge on any atom is -0.299 e. The third kappa shape index (κ3) is 2.41. The van der Waals surface area contributed by atoms with Crippen LogP contribution >= 0.6 is 0 Å². The maximum Gasteiger partial charge on any atom is 0.135 e. The molecule has 1 aromatic carbocycles. The predicted molar refractivity (Wildman–Crippen MR) is 54.6 cm³/mol. The fourth-order valence-electron chi connectivity index (χ4n) is 1.24. The summed E-state index contributed by atoms with van der Waals surface area (Å²) in [6, 6.07) is 6.58. The van der Waals surface area contributed by atoms with Gasteiger partial charge in [-0.3, -0.25) is 4.79 Å². The Hall–Kier alpha value is -1.18. The molecule has 0 aromatic heterocycles. The lowest BCUT2D eigenvalue weighted by molar-refractivity contribution is -0.124. The maximum absolute atomic E-state index is 13.3. The second kappa shape index (κ2) is 3.91. The van der Waals surface area contributed by atoms with E-state index in [0.29, 0.717) is 12.0 Å². The molecule has 76 valence electrons. The Bertz CT molecular complexity index is 342. The van der Waals surface area contributed by atoms with Gasteiger partial charge in [-0.25, -0.2) is 4.39 Å². The molecular weight excluding hydrogens is 179 g/mol. The van der Waals surface area contributed by atoms with Gasteiger partial charge in [0, 0.05) is 5.41 Å². The van der Waals surface area contributed by atoms with Crippen molar-refractivity contribution in [2.45, 2.75) is 27.2 Å². The summed E-state index contributed by atoms with van der Waals surface area (Å²) in [6.45, 7) is 5.21. The average molecular weight is 194 g/mol. The smallest absolute Gasteiger partial charge is 0.135 e. The van der Waals surface area contributed by atoms with Gasteiger partial charge in [-0.1, -0.05) is 32.0 Å². The molecule has 2 heteroatoms. The van der Waals surface area contributed by atoms with Crippen molar-refractivity contribution in [3.8, 4) is 0 Å². The van der Waals surface area contributed by atoms with E-state index in [2.05, 4.69) is 0 Å². The van der Waals surface area contributed by atoms with Crippen molar-refractivity contribution >= 4 is 5.78 Å². The average Bonchev–Trinajstić information content (AvgIpc) is 2.08. The fourth-order valence-corrected chi connectivity index (χ4v) is 1.24. The lowest BCUT2D eigenvalue weighted by Gasteiger charge is -2.21. The Morgan fingerprint density at radius 3 is 2.43 bits per heavy atom. The summed E-state index contributed by atoms with van der Waals surface area (Å²) in [6.07, 6.45) is 0.453. The molecule has 14 heavy (non-hydrogen) atoms. The van der Waals surface area contributed by atoms with Crippen LogP contribution in [0.25, 0.3) is 0 Å². The summed E-state index contributed by atoms with van der Waals surface area (Å²) in [7, 11) is 0. The van der Waals surface area contributed by atoms with Crippen molar-refractivity contribution < 1.29 is 9.18 Å². The molecule has 0 amide bonds. The summed E-state index contributed by atoms with van der Waals surface area (Å²) in [4.78, 5) is 11.3. The number of ketones is 1. The predicted octanol–water partition coefficient (Wildman–Crippen LogP) is 2.98. The third-order valence-corrected chi connectivity index (χ3v) is 2.54. The molecule has 0 saturated heterocycles. The highest BCUT2D eigenvalue weighted by atomic mass is 19.1. The van der Waals surface area contributed by atoms with Crippen LogP contribution in [0, 0.1) is 11.2 Å². The van der Waals surface area contributed by atoms with Crippen molar-refractivity contribution in [2.75, 3.05) is 0 Å². The first-order chi connectivity index (χ1) is 6.43. The summed E-state index contributed by atoms with van der Waals surface area (Å²) < 4.78 is 13.3. The van der Waals surface area contributed by atoms with Crippen molar-refractivity contribution in [3.05, 3.63) is 35.6 Å². The fraction of sp³-hybridized carbons (Fsp3) is 0.417. The first-order valence-electron chi connectivity index (χ1n) is 4.68. The molecule has 0 aliphatic carbocycles. The molecule has 0 radical (unpaired) electrons. The monoisotopic (exact) mass is 194 g/mol. The Balaban J connectivity index is 2.89. The zero-order chi connectivity index (χ0) is 10.8. The minimum atomic E-state index is -0.484. The molecule has 0 heterocycles. The van der Waals surface area contributed by atoms with Gasteiger partial charge in [-0.05, 0) is 25.0 Å². The van der Waals surface area contributed by atoms with Crippen LogP contribution in [0.15, 0.2) is 24.3 Å². The standard InChI is InChI=1S/C12H15FO/c1-9(14)12(2,3)8-10-6-4-5-7-11(10)13/h4-7H,8H2,1-3H3. The number of carbonyl (C=O) groups excluding carboxylic acids is 1. The Morgan fingerprint density at radius 2 is 1.93 bits per heavy atom. The number of benzene rings is 1. The highest BCUT2D eigenvalue weighted by Gasteiger charge is 2.24. The summed E-state index contributed by atoms with van der Waals surface area (Å²) in [5.74, 6) is -0.150. The molecular formula is C12H15FO. The van der Waals surface area contributed by atoms with Crippen LogP contribution in [0.5, 0.6) is 0 Å². The highest BCUT2D eigenvalue weighted by Crippen LogP contribution is 2.24. The van der Waals surface area contributed by atoms with Gasteiger partial charge in [0.1, 0.15) is 11.6 Å². The molecule has 0 aliphatic heterocycles. The van der Waals surface area contributed by atoms with E-state index in [-0.39, 0.29) is 11.6 Å². The Labute approximate surface area is 83.9 Å².